The van der Waals surface area contributed by atoms with Crippen molar-refractivity contribution < 1.29 is 18.0 Å². The van der Waals surface area contributed by atoms with Crippen LogP contribution in [0.4, 0.5) is 19.0 Å². The van der Waals surface area contributed by atoms with Crippen LogP contribution in [-0.2, 0) is 11.0 Å². The maximum atomic E-state index is 12.6. The van der Waals surface area contributed by atoms with Crippen molar-refractivity contribution in [3.63, 3.8) is 0 Å². The van der Waals surface area contributed by atoms with Crippen molar-refractivity contribution in [3.8, 4) is 0 Å². The van der Waals surface area contributed by atoms with Gasteiger partial charge in [0.2, 0.25) is 5.91 Å². The molecule has 21 heavy (non-hydrogen) atoms. The average molecular weight is 300 g/mol. The molecule has 0 saturated carbocycles. The van der Waals surface area contributed by atoms with Crippen molar-refractivity contribution >= 4 is 11.7 Å². The molecule has 0 radical (unpaired) electrons. The zero-order valence-corrected chi connectivity index (χ0v) is 11.5. The van der Waals surface area contributed by atoms with Crippen molar-refractivity contribution in [3.05, 3.63) is 30.7 Å². The Labute approximate surface area is 120 Å². The molecule has 0 aliphatic carbocycles. The number of carbonyl (C=O) groups is 1. The number of likely N-dealkylation sites (N-methyl/N-ethyl adjacent to an activating group) is 1. The minimum atomic E-state index is -4.50. The van der Waals surface area contributed by atoms with Crippen LogP contribution in [0.2, 0.25) is 0 Å². The van der Waals surface area contributed by atoms with Gasteiger partial charge in [0.25, 0.3) is 0 Å². The molecule has 0 bridgehead atoms. The highest BCUT2D eigenvalue weighted by atomic mass is 19.4. The Balaban J connectivity index is 2.12. The molecular weight excluding hydrogens is 285 g/mol. The molecule has 1 aromatic heterocycles. The molecule has 0 unspecified atom stereocenters. The zero-order valence-electron chi connectivity index (χ0n) is 11.5. The fourth-order valence-corrected chi connectivity index (χ4v) is 2.27. The van der Waals surface area contributed by atoms with Crippen LogP contribution >= 0.6 is 0 Å². The lowest BCUT2D eigenvalue weighted by Crippen LogP contribution is -2.36. The fourth-order valence-electron chi connectivity index (χ4n) is 2.27. The lowest BCUT2D eigenvalue weighted by atomic mass is 10.2. The van der Waals surface area contributed by atoms with Crippen molar-refractivity contribution in [2.24, 2.45) is 0 Å². The summed E-state index contributed by atoms with van der Waals surface area (Å²) in [5.74, 6) is 0.0137. The van der Waals surface area contributed by atoms with Gasteiger partial charge >= 0.3 is 6.18 Å². The Kier molecular flexibility index (Phi) is 4.15. The number of alkyl halides is 3. The number of amides is 1. The lowest BCUT2D eigenvalue weighted by molar-refractivity contribution is -0.141. The Morgan fingerprint density at radius 3 is 2.86 bits per heavy atom. The fraction of sp³-hybridized carbons (Fsp3) is 0.462. The summed E-state index contributed by atoms with van der Waals surface area (Å²) in [6, 6.07) is 0.836. The Morgan fingerprint density at radius 1 is 1.52 bits per heavy atom. The van der Waals surface area contributed by atoms with E-state index in [-0.39, 0.29) is 17.8 Å². The second-order valence-corrected chi connectivity index (χ2v) is 4.80. The maximum absolute atomic E-state index is 12.6. The number of anilines is 1. The highest BCUT2D eigenvalue weighted by Gasteiger charge is 2.34. The van der Waals surface area contributed by atoms with E-state index < -0.39 is 11.9 Å². The summed E-state index contributed by atoms with van der Waals surface area (Å²) in [7, 11) is 1.66. The molecule has 1 aliphatic heterocycles. The number of hydrogen-bond donors (Lipinski definition) is 0. The molecule has 2 heterocycles. The van der Waals surface area contributed by atoms with Gasteiger partial charge in [-0.2, -0.15) is 13.2 Å². The molecule has 1 fully saturated rings. The standard InChI is InChI=1S/C13H15F3N4O/c1-3-12(21)20-5-4-9(7-20)19(2)11-6-10(13(14,15)16)17-8-18-11/h3,6,8-9H,1,4-5,7H2,2H3/t9-/m0/s1. The van der Waals surface area contributed by atoms with Gasteiger partial charge in [-0.05, 0) is 12.5 Å². The number of hydrogen-bond acceptors (Lipinski definition) is 4. The van der Waals surface area contributed by atoms with E-state index in [2.05, 4.69) is 16.5 Å². The number of halogens is 3. The largest absolute Gasteiger partial charge is 0.433 e. The topological polar surface area (TPSA) is 49.3 Å². The minimum Gasteiger partial charge on any atom is -0.355 e. The molecule has 5 nitrogen and oxygen atoms in total. The third-order valence-corrected chi connectivity index (χ3v) is 3.50. The van der Waals surface area contributed by atoms with E-state index in [0.29, 0.717) is 19.5 Å². The van der Waals surface area contributed by atoms with Gasteiger partial charge in [-0.3, -0.25) is 4.79 Å². The first-order chi connectivity index (χ1) is 9.82. The smallest absolute Gasteiger partial charge is 0.355 e. The third kappa shape index (κ3) is 3.32. The Hall–Kier alpha value is -2.12. The van der Waals surface area contributed by atoms with Crippen LogP contribution in [-0.4, -0.2) is 47.0 Å². The highest BCUT2D eigenvalue weighted by Crippen LogP contribution is 2.29. The summed E-state index contributed by atoms with van der Waals surface area (Å²) in [5.41, 5.74) is -0.976. The second kappa shape index (κ2) is 5.71. The number of likely N-dealkylation sites (tertiary alicyclic amines) is 1. The molecule has 0 aromatic carbocycles. The predicted octanol–water partition coefficient (Wildman–Crippen LogP) is 1.72. The van der Waals surface area contributed by atoms with Gasteiger partial charge in [0, 0.05) is 32.2 Å². The summed E-state index contributed by atoms with van der Waals surface area (Å²) in [6.07, 6.45) is -1.70. The molecule has 1 saturated heterocycles. The van der Waals surface area contributed by atoms with Crippen LogP contribution in [0.5, 0.6) is 0 Å². The normalized spacial score (nSPS) is 18.7. The number of nitrogens with zero attached hydrogens (tertiary/aromatic N) is 4. The third-order valence-electron chi connectivity index (χ3n) is 3.50. The molecule has 0 N–H and O–H groups in total. The number of rotatable bonds is 3. The van der Waals surface area contributed by atoms with Crippen molar-refractivity contribution in [1.29, 1.82) is 0 Å². The minimum absolute atomic E-state index is 0.0788. The van der Waals surface area contributed by atoms with Gasteiger partial charge in [0.15, 0.2) is 0 Å². The van der Waals surface area contributed by atoms with Crippen LogP contribution in [0.1, 0.15) is 12.1 Å². The van der Waals surface area contributed by atoms with Gasteiger partial charge in [-0.25, -0.2) is 9.97 Å². The highest BCUT2D eigenvalue weighted by molar-refractivity contribution is 5.87. The van der Waals surface area contributed by atoms with Crippen molar-refractivity contribution in [2.75, 3.05) is 25.0 Å². The maximum Gasteiger partial charge on any atom is 0.433 e. The first-order valence-electron chi connectivity index (χ1n) is 6.36. The predicted molar refractivity (Wildman–Crippen MR) is 70.6 cm³/mol. The molecule has 1 atom stereocenters. The first-order valence-corrected chi connectivity index (χ1v) is 6.36. The number of carbonyl (C=O) groups excluding carboxylic acids is 1. The van der Waals surface area contributed by atoms with E-state index in [1.807, 2.05) is 0 Å². The average Bonchev–Trinajstić information content (AvgIpc) is 2.94. The van der Waals surface area contributed by atoms with Crippen LogP contribution in [0.15, 0.2) is 25.0 Å². The van der Waals surface area contributed by atoms with Crippen molar-refractivity contribution in [2.45, 2.75) is 18.6 Å². The zero-order chi connectivity index (χ0) is 15.6. The monoisotopic (exact) mass is 300 g/mol. The van der Waals surface area contributed by atoms with Crippen LogP contribution in [0.3, 0.4) is 0 Å². The molecule has 1 aromatic rings. The molecular formula is C13H15F3N4O. The van der Waals surface area contributed by atoms with Crippen LogP contribution in [0.25, 0.3) is 0 Å². The van der Waals surface area contributed by atoms with E-state index in [1.54, 1.807) is 16.8 Å². The molecule has 1 amide bonds. The van der Waals surface area contributed by atoms with E-state index in [0.717, 1.165) is 12.4 Å². The SMILES string of the molecule is C=CC(=O)N1CC[C@H](N(C)c2cc(C(F)(F)F)ncn2)C1. The Bertz CT molecular complexity index is 546. The summed E-state index contributed by atoms with van der Waals surface area (Å²) >= 11 is 0. The van der Waals surface area contributed by atoms with Crippen LogP contribution < -0.4 is 4.90 Å². The summed E-state index contributed by atoms with van der Waals surface area (Å²) < 4.78 is 37.9. The first kappa shape index (κ1) is 15.3. The van der Waals surface area contributed by atoms with E-state index in [4.69, 9.17) is 0 Å². The van der Waals surface area contributed by atoms with E-state index in [9.17, 15) is 18.0 Å². The van der Waals surface area contributed by atoms with Crippen LogP contribution in [0, 0.1) is 0 Å². The van der Waals surface area contributed by atoms with Gasteiger partial charge < -0.3 is 9.80 Å². The van der Waals surface area contributed by atoms with Gasteiger partial charge in [-0.1, -0.05) is 6.58 Å². The second-order valence-electron chi connectivity index (χ2n) is 4.80. The molecule has 8 heteroatoms. The van der Waals surface area contributed by atoms with Gasteiger partial charge in [-0.15, -0.1) is 0 Å². The van der Waals surface area contributed by atoms with Gasteiger partial charge in [0.1, 0.15) is 17.8 Å². The summed E-state index contributed by atoms with van der Waals surface area (Å²) in [6.45, 7) is 4.41. The quantitative estimate of drug-likeness (QED) is 0.798. The summed E-state index contributed by atoms with van der Waals surface area (Å²) in [5, 5.41) is 0. The molecule has 114 valence electrons. The van der Waals surface area contributed by atoms with Gasteiger partial charge in [0.05, 0.1) is 0 Å². The molecule has 0 spiro atoms. The number of aromatic nitrogens is 2. The lowest BCUT2D eigenvalue weighted by Gasteiger charge is -2.26. The summed E-state index contributed by atoms with van der Waals surface area (Å²) in [4.78, 5) is 21.9. The molecule has 1 aliphatic rings. The Morgan fingerprint density at radius 2 is 2.24 bits per heavy atom. The molecule has 2 rings (SSSR count). The van der Waals surface area contributed by atoms with Crippen molar-refractivity contribution in [1.82, 2.24) is 14.9 Å². The van der Waals surface area contributed by atoms with E-state index >= 15 is 0 Å². The van der Waals surface area contributed by atoms with E-state index in [1.165, 1.54) is 6.08 Å².